The predicted molar refractivity (Wildman–Crippen MR) is 362 cm³/mol. The van der Waals surface area contributed by atoms with Gasteiger partial charge in [-0.1, -0.05) is 57.3 Å². The quantitative estimate of drug-likeness (QED) is 0.00894. The van der Waals surface area contributed by atoms with Crippen molar-refractivity contribution < 1.29 is 28.8 Å². The van der Waals surface area contributed by atoms with E-state index in [-0.39, 0.29) is 93.6 Å². The minimum atomic E-state index is -0.544. The van der Waals surface area contributed by atoms with Gasteiger partial charge in [0.25, 0.3) is 0 Å². The van der Waals surface area contributed by atoms with Crippen LogP contribution < -0.4 is 43.4 Å². The molecule has 0 radical (unpaired) electrons. The SMILES string of the molecule is N=C(N)c1ccc(NC(=O)NCC(=O)N(Cc2ccc(CNC(=O)CCC[CH2][Po][I])cc2)Cc2ccc(Cl)c(Cl)c2)cc1.N=C(N)c1ccc(NC(=O)NCC(=O)N(Cc2ccc(CNC(=O)CCC[CH2][Po][I])cc2)Cc2cccc(Br)c2)cc1. The number of nitrogens with zero attached hydrogens (tertiary/aromatic N) is 2. The van der Waals surface area contributed by atoms with Gasteiger partial charge in [0.05, 0.1) is 23.1 Å². The number of nitrogens with two attached hydrogens (primary N) is 2. The largest absolute Gasteiger partial charge is 0.0608 e. The smallest absolute Gasteiger partial charge is 0.0461 e. The maximum absolute atomic E-state index is 13.3. The van der Waals surface area contributed by atoms with Crippen molar-refractivity contribution in [2.75, 3.05) is 23.7 Å². The Kier molecular flexibility index (Phi) is 32.5. The number of anilines is 2. The van der Waals surface area contributed by atoms with Gasteiger partial charge in [0.1, 0.15) is 11.7 Å². The molecule has 0 fully saturated rings. The van der Waals surface area contributed by atoms with Crippen molar-refractivity contribution in [1.82, 2.24) is 31.1 Å². The molecule has 0 aliphatic rings. The first-order valence-electron chi connectivity index (χ1n) is 26.8. The van der Waals surface area contributed by atoms with E-state index in [1.807, 2.05) is 72.8 Å². The van der Waals surface area contributed by atoms with Crippen LogP contribution in [0.15, 0.2) is 144 Å². The number of nitrogen functional groups attached to an aromatic ring is 2. The Bertz CT molecular complexity index is 3190. The molecule has 18 nitrogen and oxygen atoms in total. The number of carbonyl (C=O) groups is 6. The third kappa shape index (κ3) is 27.7. The van der Waals surface area contributed by atoms with Crippen LogP contribution in [0.3, 0.4) is 0 Å². The molecule has 12 N–H and O–H groups in total. The Labute approximate surface area is 556 Å². The molecule has 450 valence electrons. The van der Waals surface area contributed by atoms with E-state index in [1.54, 1.807) is 76.5 Å². The van der Waals surface area contributed by atoms with Gasteiger partial charge in [0.15, 0.2) is 0 Å². The van der Waals surface area contributed by atoms with Gasteiger partial charge in [-0.3, -0.25) is 20.4 Å². The summed E-state index contributed by atoms with van der Waals surface area (Å²) in [7, 11) is 0. The number of hydrogen-bond acceptors (Lipinski definition) is 8. The molecule has 0 saturated heterocycles. The fourth-order valence-electron chi connectivity index (χ4n) is 7.96. The van der Waals surface area contributed by atoms with Crippen LogP contribution in [0.5, 0.6) is 0 Å². The third-order valence-corrected chi connectivity index (χ3v) is 25.0. The van der Waals surface area contributed by atoms with Gasteiger partial charge in [-0.2, -0.15) is 0 Å². The van der Waals surface area contributed by atoms with Crippen molar-refractivity contribution in [2.45, 2.75) is 86.0 Å². The summed E-state index contributed by atoms with van der Waals surface area (Å²) in [4.78, 5) is 79.1. The van der Waals surface area contributed by atoms with Crippen LogP contribution in [0.25, 0.3) is 0 Å². The number of halogens is 5. The Balaban J connectivity index is 0.000000311. The van der Waals surface area contributed by atoms with E-state index in [0.717, 1.165) is 63.5 Å². The summed E-state index contributed by atoms with van der Waals surface area (Å²) in [6, 6.07) is 40.5. The maximum Gasteiger partial charge on any atom is 0.0461 e. The zero-order valence-electron chi connectivity index (χ0n) is 46.3. The molecule has 0 bridgehead atoms. The molecule has 0 aromatic heterocycles. The van der Waals surface area contributed by atoms with Gasteiger partial charge in [-0.05, 0) is 83.9 Å². The number of amides is 8. The number of amidine groups is 2. The van der Waals surface area contributed by atoms with E-state index in [0.29, 0.717) is 78.1 Å². The minimum Gasteiger partial charge on any atom is -0.0608 e. The van der Waals surface area contributed by atoms with E-state index in [4.69, 9.17) is 45.5 Å². The molecule has 8 amide bonds. The van der Waals surface area contributed by atoms with E-state index in [2.05, 4.69) is 83.7 Å². The number of nitrogens with one attached hydrogen (secondary N) is 8. The van der Waals surface area contributed by atoms with Crippen LogP contribution in [0.4, 0.5) is 21.0 Å². The van der Waals surface area contributed by atoms with Gasteiger partial charge in [-0.25, -0.2) is 9.59 Å². The molecule has 85 heavy (non-hydrogen) atoms. The number of rotatable bonds is 30. The zero-order chi connectivity index (χ0) is 61.5. The second kappa shape index (κ2) is 39.0. The van der Waals surface area contributed by atoms with Crippen molar-refractivity contribution in [2.24, 2.45) is 11.5 Å². The summed E-state index contributed by atoms with van der Waals surface area (Å²) in [6.07, 6.45) is 5.27. The van der Waals surface area contributed by atoms with E-state index >= 15 is 0 Å². The van der Waals surface area contributed by atoms with Crippen molar-refractivity contribution in [3.63, 3.8) is 0 Å². The normalized spacial score (nSPS) is 10.6. The van der Waals surface area contributed by atoms with E-state index < -0.39 is 12.1 Å². The van der Waals surface area contributed by atoms with Crippen molar-refractivity contribution >= 4 is 172 Å². The fourth-order valence-corrected chi connectivity index (χ4v) is 16.6. The second-order valence-corrected chi connectivity index (χ2v) is 36.7. The molecule has 0 unspecified atom stereocenters. The van der Waals surface area contributed by atoms with Gasteiger partial charge in [0, 0.05) is 40.1 Å². The summed E-state index contributed by atoms with van der Waals surface area (Å²) in [5, 5.41) is 32.3. The first-order valence-corrected chi connectivity index (χ1v) is 50.7. The third-order valence-electron chi connectivity index (χ3n) is 12.6. The topological polar surface area (TPSA) is 281 Å². The first kappa shape index (κ1) is 70.8. The molecular formula is C60H67BrCl2I2N12O6Po2. The van der Waals surface area contributed by atoms with Crippen LogP contribution in [0, 0.1) is 10.8 Å². The summed E-state index contributed by atoms with van der Waals surface area (Å²) < 4.78 is 3.51. The Morgan fingerprint density at radius 1 is 0.482 bits per heavy atom. The first-order chi connectivity index (χ1) is 40.9. The molecule has 0 saturated carbocycles. The molecule has 0 atom stereocenters. The predicted octanol–water partition coefficient (Wildman–Crippen LogP) is 11.2. The molecule has 6 rings (SSSR count). The van der Waals surface area contributed by atoms with Gasteiger partial charge < -0.3 is 42.5 Å². The molecule has 0 aliphatic heterocycles. The summed E-state index contributed by atoms with van der Waals surface area (Å²) in [5.74, 6) is -0.523. The number of carbonyl (C=O) groups excluding carboxylic acids is 6. The summed E-state index contributed by atoms with van der Waals surface area (Å²) in [5.41, 5.74) is 18.6. The van der Waals surface area contributed by atoms with Crippen LogP contribution >= 0.6 is 75.0 Å². The average molecular weight is 1870 g/mol. The Morgan fingerprint density at radius 2 is 0.871 bits per heavy atom. The van der Waals surface area contributed by atoms with Crippen LogP contribution in [-0.2, 0) is 58.4 Å². The summed E-state index contributed by atoms with van der Waals surface area (Å²) in [6.45, 7) is 1.77. The molecule has 6 aromatic rings. The van der Waals surface area contributed by atoms with Crippen molar-refractivity contribution in [3.8, 4) is 0 Å². The van der Waals surface area contributed by atoms with E-state index in [9.17, 15) is 28.8 Å². The number of hydrogen-bond donors (Lipinski definition) is 10. The van der Waals surface area contributed by atoms with Crippen LogP contribution in [0.2, 0.25) is 18.2 Å². The number of benzene rings is 6. The molecule has 25 heteroatoms. The number of urea groups is 2. The monoisotopic (exact) mass is 1870 g/mol. The molecule has 0 heterocycles. The van der Waals surface area contributed by atoms with E-state index in [1.165, 1.54) is 8.16 Å². The van der Waals surface area contributed by atoms with Crippen molar-refractivity contribution in [3.05, 3.63) is 199 Å². The number of unbranched alkanes of at least 4 members (excludes halogenated alkanes) is 2. The molecule has 0 spiro atoms. The minimum absolute atomic E-state index is 0.0576. The van der Waals surface area contributed by atoms with Crippen LogP contribution in [0.1, 0.15) is 83.0 Å². The van der Waals surface area contributed by atoms with Gasteiger partial charge in [0.2, 0.25) is 11.8 Å². The summed E-state index contributed by atoms with van der Waals surface area (Å²) >= 11 is 20.4. The maximum atomic E-state index is 13.3. The molecule has 6 aromatic carbocycles. The standard InChI is InChI=1S/C30H34BrN6O3.C30H33Cl2N6O3.2HI.2Po/c1-2-3-7-27(38)34-17-21-8-10-22(11-9-21)19-37(20-23-5-4-6-25(31)16-23)28(39)18-35-30(40)36-26-14-12-24(13-15-26)29(32)33;1-2-3-4-27(39)35-16-20-5-7-21(8-6-20)18-38(19-22-9-14-25(31)26(32)15-22)28(40)17-36-30(41)37-24-12-10-23(11-13-24)29(33)34;;;;/h4-6,8-16H,1-3,7,17-20H2,(H3,32,33)(H,34,38)(H2,35,36,40);5-15H,1-4,16-19H2,(H3,33,34)(H,35,39)(H2,36,37,41);2*1H;;/q;;;;2*+1/p-2. The van der Waals surface area contributed by atoms with Gasteiger partial charge >= 0.3 is 262 Å². The Morgan fingerprint density at radius 3 is 1.26 bits per heavy atom. The van der Waals surface area contributed by atoms with Crippen LogP contribution in [-0.4, -0.2) is 109 Å². The fraction of sp³-hybridized carbons (Fsp3) is 0.267. The van der Waals surface area contributed by atoms with Gasteiger partial charge in [-0.15, -0.1) is 0 Å². The molecule has 0 aliphatic carbocycles. The average Bonchev–Trinajstić information content (AvgIpc) is 3.63. The zero-order valence-corrected chi connectivity index (χ0v) is 60.1. The van der Waals surface area contributed by atoms with Crippen molar-refractivity contribution in [1.29, 1.82) is 10.8 Å². The Hall–Kier alpha value is -5.01. The second-order valence-electron chi connectivity index (χ2n) is 19.2. The molecular weight excluding hydrogens is 1810 g/mol.